The molecule has 2 aromatic rings. The minimum atomic E-state index is -0.504. The molecule has 1 aliphatic heterocycles. The highest BCUT2D eigenvalue weighted by Crippen LogP contribution is 2.20. The van der Waals surface area contributed by atoms with Crippen molar-refractivity contribution < 1.29 is 14.3 Å². The quantitative estimate of drug-likeness (QED) is 0.879. The molecule has 7 heteroatoms. The summed E-state index contributed by atoms with van der Waals surface area (Å²) in [7, 11) is 0. The lowest BCUT2D eigenvalue weighted by molar-refractivity contribution is -0.126. The fourth-order valence-electron chi connectivity index (χ4n) is 3.16. The van der Waals surface area contributed by atoms with Crippen LogP contribution in [0.5, 0.6) is 0 Å². The molecule has 0 radical (unpaired) electrons. The van der Waals surface area contributed by atoms with Crippen LogP contribution in [0.3, 0.4) is 0 Å². The van der Waals surface area contributed by atoms with Crippen molar-refractivity contribution in [3.63, 3.8) is 0 Å². The minimum absolute atomic E-state index is 0.0244. The van der Waals surface area contributed by atoms with Crippen molar-refractivity contribution in [1.29, 1.82) is 0 Å². The Bertz CT molecular complexity index is 803. The predicted octanol–water partition coefficient (Wildman–Crippen LogP) is 3.14. The summed E-state index contributed by atoms with van der Waals surface area (Å²) in [6.45, 7) is 7.08. The Morgan fingerprint density at radius 1 is 1.18 bits per heavy atom. The number of hydrogen-bond donors (Lipinski definition) is 1. The van der Waals surface area contributed by atoms with E-state index in [-0.39, 0.29) is 17.9 Å². The first-order chi connectivity index (χ1) is 13.3. The number of rotatable bonds is 4. The van der Waals surface area contributed by atoms with E-state index in [1.807, 2.05) is 57.3 Å². The topological polar surface area (TPSA) is 76.5 Å². The third-order valence-electron chi connectivity index (χ3n) is 4.64. The van der Waals surface area contributed by atoms with Gasteiger partial charge < -0.3 is 15.0 Å². The van der Waals surface area contributed by atoms with Crippen LogP contribution < -0.4 is 5.32 Å². The second-order valence-electron chi connectivity index (χ2n) is 8.09. The van der Waals surface area contributed by atoms with Gasteiger partial charge in [0.2, 0.25) is 5.91 Å². The summed E-state index contributed by atoms with van der Waals surface area (Å²) >= 11 is 0. The number of ether oxygens (including phenoxy) is 1. The molecule has 0 aliphatic carbocycles. The first kappa shape index (κ1) is 19.9. The van der Waals surface area contributed by atoms with E-state index >= 15 is 0 Å². The van der Waals surface area contributed by atoms with Crippen molar-refractivity contribution in [2.75, 3.05) is 13.1 Å². The number of para-hydroxylation sites is 1. The van der Waals surface area contributed by atoms with Gasteiger partial charge in [-0.15, -0.1) is 0 Å². The highest BCUT2D eigenvalue weighted by Gasteiger charge is 2.29. The number of hydrogen-bond acceptors (Lipinski definition) is 4. The molecule has 1 aromatic heterocycles. The second kappa shape index (κ2) is 8.46. The van der Waals surface area contributed by atoms with Crippen molar-refractivity contribution in [1.82, 2.24) is 20.0 Å². The summed E-state index contributed by atoms with van der Waals surface area (Å²) in [4.78, 5) is 26.3. The van der Waals surface area contributed by atoms with Crippen LogP contribution in [0.1, 0.15) is 39.2 Å². The van der Waals surface area contributed by atoms with E-state index in [4.69, 9.17) is 4.74 Å². The van der Waals surface area contributed by atoms with Crippen molar-refractivity contribution in [2.45, 2.75) is 45.8 Å². The van der Waals surface area contributed by atoms with Gasteiger partial charge in [-0.05, 0) is 45.7 Å². The molecule has 1 saturated heterocycles. The van der Waals surface area contributed by atoms with Gasteiger partial charge in [0.1, 0.15) is 5.60 Å². The summed E-state index contributed by atoms with van der Waals surface area (Å²) in [5, 5.41) is 7.33. The molecule has 0 unspecified atom stereocenters. The van der Waals surface area contributed by atoms with E-state index in [0.717, 1.165) is 11.3 Å². The number of benzene rings is 1. The Kier molecular flexibility index (Phi) is 6.02. The number of amides is 2. The zero-order valence-corrected chi connectivity index (χ0v) is 16.7. The molecule has 1 aromatic carbocycles. The zero-order chi connectivity index (χ0) is 20.1. The molecule has 1 aliphatic rings. The molecule has 1 N–H and O–H groups in total. The smallest absolute Gasteiger partial charge is 0.410 e. The van der Waals surface area contributed by atoms with Crippen LogP contribution in [0.25, 0.3) is 5.69 Å². The third-order valence-corrected chi connectivity index (χ3v) is 4.64. The molecule has 7 nitrogen and oxygen atoms in total. The first-order valence-corrected chi connectivity index (χ1v) is 9.66. The second-order valence-corrected chi connectivity index (χ2v) is 8.09. The van der Waals surface area contributed by atoms with E-state index in [1.54, 1.807) is 15.8 Å². The Balaban J connectivity index is 1.45. The van der Waals surface area contributed by atoms with Crippen molar-refractivity contribution in [3.8, 4) is 5.69 Å². The maximum Gasteiger partial charge on any atom is 0.410 e. The molecule has 3 rings (SSSR count). The number of carbonyl (C=O) groups is 2. The van der Waals surface area contributed by atoms with Crippen LogP contribution in [-0.2, 0) is 16.1 Å². The van der Waals surface area contributed by atoms with E-state index in [9.17, 15) is 9.59 Å². The molecule has 0 saturated carbocycles. The van der Waals surface area contributed by atoms with E-state index in [1.165, 1.54) is 0 Å². The zero-order valence-electron chi connectivity index (χ0n) is 16.7. The molecular formula is C21H28N4O3. The summed E-state index contributed by atoms with van der Waals surface area (Å²) in [5.74, 6) is -0.0563. The molecular weight excluding hydrogens is 356 g/mol. The maximum atomic E-state index is 12.5. The minimum Gasteiger partial charge on any atom is -0.444 e. The fourth-order valence-corrected chi connectivity index (χ4v) is 3.16. The van der Waals surface area contributed by atoms with Crippen molar-refractivity contribution >= 4 is 12.0 Å². The van der Waals surface area contributed by atoms with E-state index in [0.29, 0.717) is 32.5 Å². The molecule has 28 heavy (non-hydrogen) atoms. The number of nitrogens with zero attached hydrogens (tertiary/aromatic N) is 3. The van der Waals surface area contributed by atoms with Gasteiger partial charge in [0.05, 0.1) is 11.9 Å². The lowest BCUT2D eigenvalue weighted by Gasteiger charge is -2.32. The summed E-state index contributed by atoms with van der Waals surface area (Å²) in [5.41, 5.74) is 1.42. The van der Waals surface area contributed by atoms with E-state index in [2.05, 4.69) is 10.4 Å². The molecule has 0 atom stereocenters. The number of piperidine rings is 1. The average Bonchev–Trinajstić information content (AvgIpc) is 3.15. The molecule has 1 fully saturated rings. The molecule has 2 heterocycles. The summed E-state index contributed by atoms with van der Waals surface area (Å²) in [6, 6.07) is 9.84. The standard InChI is InChI=1S/C21H28N4O3/c1-21(2,3)28-20(27)24-11-9-17(10-12-24)19(26)22-13-16-14-23-25(15-16)18-7-5-4-6-8-18/h4-8,14-15,17H,9-13H2,1-3H3,(H,22,26). The van der Waals surface area contributed by atoms with Crippen LogP contribution in [0.15, 0.2) is 42.7 Å². The Labute approximate surface area is 165 Å². The van der Waals surface area contributed by atoms with Crippen molar-refractivity contribution in [2.24, 2.45) is 5.92 Å². The lowest BCUT2D eigenvalue weighted by Crippen LogP contribution is -2.44. The van der Waals surface area contributed by atoms with Crippen LogP contribution in [-0.4, -0.2) is 45.4 Å². The van der Waals surface area contributed by atoms with Crippen LogP contribution in [0, 0.1) is 5.92 Å². The number of nitrogens with one attached hydrogen (secondary N) is 1. The van der Waals surface area contributed by atoms with Gasteiger partial charge in [0.25, 0.3) is 0 Å². The number of aromatic nitrogens is 2. The normalized spacial score (nSPS) is 15.3. The van der Waals surface area contributed by atoms with Crippen molar-refractivity contribution in [3.05, 3.63) is 48.3 Å². The molecule has 0 bridgehead atoms. The van der Waals surface area contributed by atoms with Gasteiger partial charge in [0.15, 0.2) is 0 Å². The van der Waals surface area contributed by atoms with Gasteiger partial charge in [0, 0.05) is 37.3 Å². The Hall–Kier alpha value is -2.83. The predicted molar refractivity (Wildman–Crippen MR) is 106 cm³/mol. The highest BCUT2D eigenvalue weighted by atomic mass is 16.6. The van der Waals surface area contributed by atoms with Crippen LogP contribution in [0.2, 0.25) is 0 Å². The third kappa shape index (κ3) is 5.34. The van der Waals surface area contributed by atoms with Gasteiger partial charge in [-0.3, -0.25) is 4.79 Å². The SMILES string of the molecule is CC(C)(C)OC(=O)N1CCC(C(=O)NCc2cnn(-c3ccccc3)c2)CC1. The maximum absolute atomic E-state index is 12.5. The Morgan fingerprint density at radius 2 is 1.86 bits per heavy atom. The first-order valence-electron chi connectivity index (χ1n) is 9.66. The van der Waals surface area contributed by atoms with Gasteiger partial charge >= 0.3 is 6.09 Å². The van der Waals surface area contributed by atoms with E-state index < -0.39 is 5.60 Å². The largest absolute Gasteiger partial charge is 0.444 e. The lowest BCUT2D eigenvalue weighted by atomic mass is 9.96. The summed E-state index contributed by atoms with van der Waals surface area (Å²) in [6.07, 6.45) is 4.67. The average molecular weight is 384 g/mol. The van der Waals surface area contributed by atoms with Crippen LogP contribution >= 0.6 is 0 Å². The van der Waals surface area contributed by atoms with Crippen LogP contribution in [0.4, 0.5) is 4.79 Å². The highest BCUT2D eigenvalue weighted by molar-refractivity contribution is 5.79. The van der Waals surface area contributed by atoms with Gasteiger partial charge in [-0.2, -0.15) is 5.10 Å². The monoisotopic (exact) mass is 384 g/mol. The van der Waals surface area contributed by atoms with Gasteiger partial charge in [-0.25, -0.2) is 9.48 Å². The molecule has 0 spiro atoms. The Morgan fingerprint density at radius 3 is 2.50 bits per heavy atom. The number of carbonyl (C=O) groups excluding carboxylic acids is 2. The fraction of sp³-hybridized carbons (Fsp3) is 0.476. The van der Waals surface area contributed by atoms with Gasteiger partial charge in [-0.1, -0.05) is 18.2 Å². The number of likely N-dealkylation sites (tertiary alicyclic amines) is 1. The summed E-state index contributed by atoms with van der Waals surface area (Å²) < 4.78 is 7.19. The molecule has 150 valence electrons. The molecule has 2 amide bonds.